The fourth-order valence-corrected chi connectivity index (χ4v) is 1.39. The summed E-state index contributed by atoms with van der Waals surface area (Å²) in [6.07, 6.45) is 0. The van der Waals surface area contributed by atoms with Crippen LogP contribution in [0.1, 0.15) is 40.3 Å². The monoisotopic (exact) mass is 254 g/mol. The first-order chi connectivity index (χ1) is 8.16. The van der Waals surface area contributed by atoms with Crippen molar-refractivity contribution < 1.29 is 14.1 Å². The smallest absolute Gasteiger partial charge is 0.232 e. The molecule has 18 heavy (non-hydrogen) atoms. The van der Waals surface area contributed by atoms with Gasteiger partial charge in [-0.2, -0.15) is 0 Å². The summed E-state index contributed by atoms with van der Waals surface area (Å²) >= 11 is 0. The van der Waals surface area contributed by atoms with E-state index in [-0.39, 0.29) is 11.3 Å². The minimum absolute atomic E-state index is 0.102. The molecule has 0 saturated heterocycles. The van der Waals surface area contributed by atoms with Crippen molar-refractivity contribution in [2.45, 2.75) is 40.0 Å². The summed E-state index contributed by atoms with van der Waals surface area (Å²) in [4.78, 5) is 11.8. The molecule has 1 rings (SSSR count). The fourth-order valence-electron chi connectivity index (χ4n) is 1.39. The highest BCUT2D eigenvalue weighted by Gasteiger charge is 2.27. The van der Waals surface area contributed by atoms with E-state index in [9.17, 15) is 4.79 Å². The molecule has 1 aromatic rings. The van der Waals surface area contributed by atoms with Gasteiger partial charge in [0.15, 0.2) is 0 Å². The van der Waals surface area contributed by atoms with E-state index in [4.69, 9.17) is 9.26 Å². The van der Waals surface area contributed by atoms with Gasteiger partial charge in [0, 0.05) is 24.0 Å². The van der Waals surface area contributed by atoms with Crippen LogP contribution in [0.15, 0.2) is 10.6 Å². The zero-order valence-electron chi connectivity index (χ0n) is 12.0. The molecule has 1 heterocycles. The van der Waals surface area contributed by atoms with Crippen molar-refractivity contribution in [3.63, 3.8) is 0 Å². The van der Waals surface area contributed by atoms with Gasteiger partial charge in [-0.15, -0.1) is 0 Å². The highest BCUT2D eigenvalue weighted by molar-refractivity contribution is 5.93. The van der Waals surface area contributed by atoms with Crippen LogP contribution < -0.4 is 5.32 Å². The van der Waals surface area contributed by atoms with E-state index in [1.165, 1.54) is 0 Å². The summed E-state index contributed by atoms with van der Waals surface area (Å²) < 4.78 is 10.3. The van der Waals surface area contributed by atoms with Crippen LogP contribution in [0.3, 0.4) is 0 Å². The van der Waals surface area contributed by atoms with Gasteiger partial charge in [-0.1, -0.05) is 39.8 Å². The van der Waals surface area contributed by atoms with Gasteiger partial charge in [0.25, 0.3) is 0 Å². The SMILES string of the molecule is COCC(C)(C)c1cc(NC(=O)C(C)(C)C)on1. The number of amides is 1. The second-order valence-corrected chi connectivity index (χ2v) is 6.10. The zero-order valence-corrected chi connectivity index (χ0v) is 12.0. The molecular weight excluding hydrogens is 232 g/mol. The van der Waals surface area contributed by atoms with Gasteiger partial charge in [-0.3, -0.25) is 10.1 Å². The number of nitrogens with one attached hydrogen (secondary N) is 1. The van der Waals surface area contributed by atoms with E-state index in [2.05, 4.69) is 10.5 Å². The van der Waals surface area contributed by atoms with E-state index in [1.54, 1.807) is 13.2 Å². The molecule has 1 aromatic heterocycles. The lowest BCUT2D eigenvalue weighted by molar-refractivity contribution is -0.123. The number of rotatable bonds is 4. The Labute approximate surface area is 108 Å². The van der Waals surface area contributed by atoms with Gasteiger partial charge in [-0.05, 0) is 0 Å². The van der Waals surface area contributed by atoms with Crippen LogP contribution >= 0.6 is 0 Å². The highest BCUT2D eigenvalue weighted by atomic mass is 16.5. The van der Waals surface area contributed by atoms with Crippen molar-refractivity contribution in [1.82, 2.24) is 5.16 Å². The molecule has 5 nitrogen and oxygen atoms in total. The van der Waals surface area contributed by atoms with Crippen LogP contribution in [-0.4, -0.2) is 24.8 Å². The van der Waals surface area contributed by atoms with E-state index >= 15 is 0 Å². The summed E-state index contributed by atoms with van der Waals surface area (Å²) in [5.74, 6) is 0.267. The molecule has 0 radical (unpaired) electrons. The zero-order chi connectivity index (χ0) is 14.0. The van der Waals surface area contributed by atoms with Crippen LogP contribution in [0, 0.1) is 5.41 Å². The summed E-state index contributed by atoms with van der Waals surface area (Å²) in [6, 6.07) is 1.74. The van der Waals surface area contributed by atoms with Crippen LogP contribution in [0.25, 0.3) is 0 Å². The maximum atomic E-state index is 11.8. The van der Waals surface area contributed by atoms with E-state index < -0.39 is 5.41 Å². The minimum atomic E-state index is -0.463. The third-order valence-electron chi connectivity index (χ3n) is 2.63. The Kier molecular flexibility index (Phi) is 4.16. The van der Waals surface area contributed by atoms with E-state index in [0.717, 1.165) is 5.69 Å². The van der Waals surface area contributed by atoms with Crippen LogP contribution in [0.5, 0.6) is 0 Å². The lowest BCUT2D eigenvalue weighted by atomic mass is 9.90. The lowest BCUT2D eigenvalue weighted by Gasteiger charge is -2.19. The topological polar surface area (TPSA) is 64.4 Å². The Hall–Kier alpha value is -1.36. The van der Waals surface area contributed by atoms with Gasteiger partial charge in [0.2, 0.25) is 11.8 Å². The third-order valence-corrected chi connectivity index (χ3v) is 2.63. The number of aromatic nitrogens is 1. The maximum Gasteiger partial charge on any atom is 0.232 e. The Balaban J connectivity index is 2.79. The number of ether oxygens (including phenoxy) is 1. The number of methoxy groups -OCH3 is 1. The standard InChI is InChI=1S/C13H22N2O3/c1-12(2,3)11(16)14-10-7-9(15-18-10)13(4,5)8-17-6/h7H,8H2,1-6H3,(H,14,16). The number of carbonyl (C=O) groups is 1. The van der Waals surface area contributed by atoms with Crippen molar-refractivity contribution in [3.05, 3.63) is 11.8 Å². The van der Waals surface area contributed by atoms with Crippen LogP contribution in [-0.2, 0) is 14.9 Å². The number of hydrogen-bond donors (Lipinski definition) is 1. The maximum absolute atomic E-state index is 11.8. The first-order valence-corrected chi connectivity index (χ1v) is 5.94. The normalized spacial score (nSPS) is 12.6. The Bertz CT molecular complexity index is 416. The molecule has 1 amide bonds. The molecule has 1 N–H and O–H groups in total. The average molecular weight is 254 g/mol. The average Bonchev–Trinajstić information content (AvgIpc) is 2.65. The molecule has 0 aliphatic heterocycles. The second kappa shape index (κ2) is 5.10. The van der Waals surface area contributed by atoms with Gasteiger partial charge >= 0.3 is 0 Å². The number of hydrogen-bond acceptors (Lipinski definition) is 4. The minimum Gasteiger partial charge on any atom is -0.384 e. The molecule has 0 unspecified atom stereocenters. The van der Waals surface area contributed by atoms with Crippen LogP contribution in [0.4, 0.5) is 5.88 Å². The molecule has 0 aliphatic rings. The van der Waals surface area contributed by atoms with E-state index in [0.29, 0.717) is 12.5 Å². The first-order valence-electron chi connectivity index (χ1n) is 5.94. The highest BCUT2D eigenvalue weighted by Crippen LogP contribution is 2.25. The Morgan fingerprint density at radius 1 is 1.39 bits per heavy atom. The molecular formula is C13H22N2O3. The Morgan fingerprint density at radius 3 is 2.50 bits per heavy atom. The largest absolute Gasteiger partial charge is 0.384 e. The van der Waals surface area contributed by atoms with Crippen molar-refractivity contribution in [2.75, 3.05) is 19.0 Å². The fraction of sp³-hybridized carbons (Fsp3) is 0.692. The molecule has 0 saturated carbocycles. The molecule has 0 fully saturated rings. The number of nitrogens with zero attached hydrogens (tertiary/aromatic N) is 1. The summed E-state index contributed by atoms with van der Waals surface area (Å²) in [5.41, 5.74) is 0.0476. The van der Waals surface area contributed by atoms with Crippen molar-refractivity contribution in [1.29, 1.82) is 0 Å². The second-order valence-electron chi connectivity index (χ2n) is 6.10. The predicted octanol–water partition coefficient (Wildman–Crippen LogP) is 2.58. The van der Waals surface area contributed by atoms with Crippen molar-refractivity contribution >= 4 is 11.8 Å². The number of anilines is 1. The summed E-state index contributed by atoms with van der Waals surface area (Å²) in [5, 5.41) is 6.68. The third kappa shape index (κ3) is 3.57. The molecule has 102 valence electrons. The van der Waals surface area contributed by atoms with Crippen molar-refractivity contribution in [2.24, 2.45) is 5.41 Å². The van der Waals surface area contributed by atoms with Gasteiger partial charge in [0.05, 0.1) is 12.3 Å². The van der Waals surface area contributed by atoms with Crippen molar-refractivity contribution in [3.8, 4) is 0 Å². The van der Waals surface area contributed by atoms with Crippen LogP contribution in [0.2, 0.25) is 0 Å². The molecule has 0 bridgehead atoms. The molecule has 0 spiro atoms. The molecule has 5 heteroatoms. The van der Waals surface area contributed by atoms with E-state index in [1.807, 2.05) is 34.6 Å². The Morgan fingerprint density at radius 2 is 2.00 bits per heavy atom. The number of carbonyl (C=O) groups excluding carboxylic acids is 1. The molecule has 0 aliphatic carbocycles. The summed E-state index contributed by atoms with van der Waals surface area (Å²) in [6.45, 7) is 10.1. The van der Waals surface area contributed by atoms with Gasteiger partial charge in [0.1, 0.15) is 0 Å². The quantitative estimate of drug-likeness (QED) is 0.897. The first kappa shape index (κ1) is 14.7. The summed E-state index contributed by atoms with van der Waals surface area (Å²) in [7, 11) is 1.64. The molecule has 0 aromatic carbocycles. The van der Waals surface area contributed by atoms with Gasteiger partial charge in [-0.25, -0.2) is 0 Å². The lowest BCUT2D eigenvalue weighted by Crippen LogP contribution is -2.27. The molecule has 0 atom stereocenters. The predicted molar refractivity (Wildman–Crippen MR) is 69.5 cm³/mol. The van der Waals surface area contributed by atoms with Gasteiger partial charge < -0.3 is 9.26 Å².